The Balaban J connectivity index is 1.30. The van der Waals surface area contributed by atoms with Crippen LogP contribution in [0.15, 0.2) is 54.6 Å². The van der Waals surface area contributed by atoms with Gasteiger partial charge in [0.05, 0.1) is 47.2 Å². The number of allylic oxidation sites excluding steroid dienone is 2. The molecule has 0 N–H and O–H groups in total. The van der Waals surface area contributed by atoms with Gasteiger partial charge in [-0.1, -0.05) is 25.1 Å². The Bertz CT molecular complexity index is 1390. The van der Waals surface area contributed by atoms with Gasteiger partial charge in [-0.2, -0.15) is 0 Å². The summed E-state index contributed by atoms with van der Waals surface area (Å²) in [6, 6.07) is 10.1. The van der Waals surface area contributed by atoms with Gasteiger partial charge in [0.15, 0.2) is 0 Å². The number of carbonyl (C=O) groups is 4. The number of carbonyl (C=O) groups excluding carboxylic acids is 4. The lowest BCUT2D eigenvalue weighted by molar-refractivity contribution is -0.384. The van der Waals surface area contributed by atoms with Gasteiger partial charge < -0.3 is 14.4 Å². The molecule has 0 aromatic heterocycles. The number of hydrogen-bond acceptors (Lipinski definition) is 8. The highest BCUT2D eigenvalue weighted by Gasteiger charge is 2.50. The second-order valence-corrected chi connectivity index (χ2v) is 9.60. The molecule has 196 valence electrons. The average molecular weight is 520 g/mol. The minimum Gasteiger partial charge on any atom is -0.494 e. The van der Waals surface area contributed by atoms with Crippen LogP contribution in [-0.4, -0.2) is 42.3 Å². The molecular formula is C27H25N3O8. The molecule has 11 nitrogen and oxygen atoms in total. The number of benzene rings is 2. The van der Waals surface area contributed by atoms with Crippen LogP contribution < -0.4 is 19.3 Å². The number of esters is 1. The topological polar surface area (TPSA) is 136 Å². The van der Waals surface area contributed by atoms with Crippen LogP contribution in [0.5, 0.6) is 11.5 Å². The number of nitro benzene ring substituents is 1. The van der Waals surface area contributed by atoms with Crippen molar-refractivity contribution in [3.63, 3.8) is 0 Å². The largest absolute Gasteiger partial charge is 0.494 e. The zero-order chi connectivity index (χ0) is 27.1. The quantitative estimate of drug-likeness (QED) is 0.142. The van der Waals surface area contributed by atoms with Crippen molar-refractivity contribution in [3.8, 4) is 11.5 Å². The fourth-order valence-electron chi connectivity index (χ4n) is 5.39. The van der Waals surface area contributed by atoms with Crippen molar-refractivity contribution in [2.75, 3.05) is 23.5 Å². The van der Waals surface area contributed by atoms with Gasteiger partial charge in [-0.25, -0.2) is 4.90 Å². The third-order valence-corrected chi connectivity index (χ3v) is 7.29. The number of amides is 3. The molecule has 3 aliphatic rings. The maximum Gasteiger partial charge on any atom is 0.316 e. The Morgan fingerprint density at radius 3 is 2.61 bits per heavy atom. The van der Waals surface area contributed by atoms with Crippen molar-refractivity contribution in [1.29, 1.82) is 0 Å². The zero-order valence-corrected chi connectivity index (χ0v) is 20.7. The molecule has 0 saturated carbocycles. The first-order chi connectivity index (χ1) is 18.2. The van der Waals surface area contributed by atoms with Crippen LogP contribution in [0.2, 0.25) is 0 Å². The Morgan fingerprint density at radius 2 is 1.89 bits per heavy atom. The number of nitrogens with zero attached hydrogens (tertiary/aromatic N) is 3. The van der Waals surface area contributed by atoms with Crippen molar-refractivity contribution < 1.29 is 33.6 Å². The lowest BCUT2D eigenvalue weighted by atomic mass is 9.78. The molecule has 2 fully saturated rings. The van der Waals surface area contributed by atoms with Gasteiger partial charge in [0.1, 0.15) is 11.5 Å². The van der Waals surface area contributed by atoms with E-state index in [9.17, 15) is 29.3 Å². The normalized spacial score (nSPS) is 24.5. The van der Waals surface area contributed by atoms with Gasteiger partial charge in [0, 0.05) is 25.1 Å². The highest BCUT2D eigenvalue weighted by Crippen LogP contribution is 2.41. The SMILES string of the molecule is COc1cc([N+](=O)[O-])ccc1N1C[C@H](C(=O)Oc2cccc(N3C(=O)[C@H]4[C@H](C)C=CC[C@H]4C3=O)c2)CC1=O. The van der Waals surface area contributed by atoms with Crippen molar-refractivity contribution in [2.45, 2.75) is 19.8 Å². The number of imide groups is 1. The van der Waals surface area contributed by atoms with E-state index in [-0.39, 0.29) is 53.8 Å². The first kappa shape index (κ1) is 25.1. The fourth-order valence-corrected chi connectivity index (χ4v) is 5.39. The summed E-state index contributed by atoms with van der Waals surface area (Å²) in [7, 11) is 1.34. The zero-order valence-electron chi connectivity index (χ0n) is 20.7. The lowest BCUT2D eigenvalue weighted by Gasteiger charge is -2.22. The summed E-state index contributed by atoms with van der Waals surface area (Å²) in [5.41, 5.74) is 0.455. The van der Waals surface area contributed by atoms with E-state index in [1.807, 2.05) is 19.1 Å². The highest BCUT2D eigenvalue weighted by molar-refractivity contribution is 6.22. The number of non-ortho nitro benzene ring substituents is 1. The molecule has 2 aromatic rings. The number of hydrogen-bond donors (Lipinski definition) is 0. The molecule has 3 amide bonds. The Hall–Kier alpha value is -4.54. The van der Waals surface area contributed by atoms with Crippen LogP contribution in [0.3, 0.4) is 0 Å². The van der Waals surface area contributed by atoms with E-state index in [0.29, 0.717) is 17.8 Å². The van der Waals surface area contributed by atoms with Crippen molar-refractivity contribution in [1.82, 2.24) is 0 Å². The smallest absolute Gasteiger partial charge is 0.316 e. The second-order valence-electron chi connectivity index (χ2n) is 9.60. The summed E-state index contributed by atoms with van der Waals surface area (Å²) in [5, 5.41) is 11.1. The van der Waals surface area contributed by atoms with E-state index in [2.05, 4.69) is 0 Å². The monoisotopic (exact) mass is 519 g/mol. The van der Waals surface area contributed by atoms with E-state index in [4.69, 9.17) is 9.47 Å². The van der Waals surface area contributed by atoms with Gasteiger partial charge >= 0.3 is 5.97 Å². The van der Waals surface area contributed by atoms with Gasteiger partial charge in [0.25, 0.3) is 5.69 Å². The number of ether oxygens (including phenoxy) is 2. The summed E-state index contributed by atoms with van der Waals surface area (Å²) < 4.78 is 10.8. The highest BCUT2D eigenvalue weighted by atomic mass is 16.6. The molecule has 0 bridgehead atoms. The van der Waals surface area contributed by atoms with Crippen LogP contribution in [0.4, 0.5) is 17.1 Å². The molecule has 0 spiro atoms. The summed E-state index contributed by atoms with van der Waals surface area (Å²) in [6.07, 6.45) is 4.27. The van der Waals surface area contributed by atoms with Gasteiger partial charge in [0.2, 0.25) is 17.7 Å². The van der Waals surface area contributed by atoms with Crippen molar-refractivity contribution in [3.05, 3.63) is 64.7 Å². The molecular weight excluding hydrogens is 494 g/mol. The summed E-state index contributed by atoms with van der Waals surface area (Å²) >= 11 is 0. The van der Waals surface area contributed by atoms with E-state index >= 15 is 0 Å². The molecule has 38 heavy (non-hydrogen) atoms. The lowest BCUT2D eigenvalue weighted by Crippen LogP contribution is -2.31. The van der Waals surface area contributed by atoms with Gasteiger partial charge in [-0.05, 0) is 30.5 Å². The molecule has 0 unspecified atom stereocenters. The van der Waals surface area contributed by atoms with E-state index < -0.39 is 28.6 Å². The van der Waals surface area contributed by atoms with Crippen molar-refractivity contribution >= 4 is 40.8 Å². The van der Waals surface area contributed by atoms with E-state index in [1.165, 1.54) is 42.3 Å². The number of rotatable bonds is 6. The number of fused-ring (bicyclic) bond motifs is 1. The van der Waals surface area contributed by atoms with Crippen LogP contribution >= 0.6 is 0 Å². The molecule has 0 radical (unpaired) electrons. The maximum atomic E-state index is 13.1. The molecule has 11 heteroatoms. The fraction of sp³-hybridized carbons (Fsp3) is 0.333. The van der Waals surface area contributed by atoms with E-state index in [0.717, 1.165) is 4.90 Å². The molecule has 4 atom stereocenters. The molecule has 5 rings (SSSR count). The Labute approximate surface area is 217 Å². The Morgan fingerprint density at radius 1 is 1.11 bits per heavy atom. The number of methoxy groups -OCH3 is 1. The van der Waals surface area contributed by atoms with Crippen LogP contribution in [0, 0.1) is 33.8 Å². The maximum absolute atomic E-state index is 13.1. The van der Waals surface area contributed by atoms with Gasteiger partial charge in [-0.15, -0.1) is 0 Å². The molecule has 2 heterocycles. The predicted octanol–water partition coefficient (Wildman–Crippen LogP) is 3.26. The van der Waals surface area contributed by atoms with Crippen molar-refractivity contribution in [2.24, 2.45) is 23.7 Å². The Kier molecular flexibility index (Phi) is 6.43. The predicted molar refractivity (Wildman–Crippen MR) is 135 cm³/mol. The van der Waals surface area contributed by atoms with E-state index in [1.54, 1.807) is 12.1 Å². The third kappa shape index (κ3) is 4.29. The summed E-state index contributed by atoms with van der Waals surface area (Å²) in [5.74, 6) is -2.91. The second kappa shape index (κ2) is 9.73. The number of anilines is 2. The first-order valence-corrected chi connectivity index (χ1v) is 12.2. The number of nitro groups is 1. The van der Waals surface area contributed by atoms with Crippen LogP contribution in [-0.2, 0) is 19.2 Å². The minimum atomic E-state index is -0.795. The summed E-state index contributed by atoms with van der Waals surface area (Å²) in [4.78, 5) is 64.8. The van der Waals surface area contributed by atoms with Crippen LogP contribution in [0.25, 0.3) is 0 Å². The summed E-state index contributed by atoms with van der Waals surface area (Å²) in [6.45, 7) is 1.92. The molecule has 2 aromatic carbocycles. The molecule has 2 saturated heterocycles. The van der Waals surface area contributed by atoms with Crippen LogP contribution in [0.1, 0.15) is 19.8 Å². The third-order valence-electron chi connectivity index (χ3n) is 7.29. The minimum absolute atomic E-state index is 0.00285. The standard InChI is InChI=1S/C27H25N3O8/c1-15-5-3-8-20-24(15)26(33)29(25(20)32)17-6-4-7-19(12-17)38-27(34)16-11-23(31)28(14-16)21-10-9-18(30(35)36)13-22(21)37-2/h3-7,9-10,12-13,15-16,20,24H,8,11,14H2,1-2H3/t15-,16-,20-,24+/m1/s1. The first-order valence-electron chi connectivity index (χ1n) is 12.2. The molecule has 1 aliphatic carbocycles. The molecule has 2 aliphatic heterocycles. The van der Waals surface area contributed by atoms with Gasteiger partial charge in [-0.3, -0.25) is 29.3 Å². The average Bonchev–Trinajstić information content (AvgIpc) is 3.41.